The van der Waals surface area contributed by atoms with Gasteiger partial charge in [0.05, 0.1) is 5.71 Å². The van der Waals surface area contributed by atoms with Gasteiger partial charge in [-0.2, -0.15) is 0 Å². The van der Waals surface area contributed by atoms with Crippen LogP contribution in [-0.2, 0) is 0 Å². The first-order chi connectivity index (χ1) is 4.74. The van der Waals surface area contributed by atoms with Crippen LogP contribution < -0.4 is 5.73 Å². The molecule has 0 saturated carbocycles. The van der Waals surface area contributed by atoms with Crippen LogP contribution in [0.3, 0.4) is 0 Å². The van der Waals surface area contributed by atoms with Crippen LogP contribution in [0.25, 0.3) is 0 Å². The van der Waals surface area contributed by atoms with E-state index in [0.29, 0.717) is 5.57 Å². The van der Waals surface area contributed by atoms with Crippen molar-refractivity contribution in [3.05, 3.63) is 35.8 Å². The minimum absolute atomic E-state index is 0.240. The minimum Gasteiger partial charge on any atom is -0.404 e. The summed E-state index contributed by atoms with van der Waals surface area (Å²) in [6.45, 7) is 0. The molecule has 3 heteroatoms. The SMILES string of the molecule is N=C1C=CC(F)=C/C1=C/N. The summed E-state index contributed by atoms with van der Waals surface area (Å²) in [6, 6.07) is 0. The normalized spacial score (nSPS) is 21.5. The van der Waals surface area contributed by atoms with Crippen molar-refractivity contribution >= 4 is 5.71 Å². The molecule has 0 aromatic carbocycles. The fourth-order valence-electron chi connectivity index (χ4n) is 0.671. The Kier molecular flexibility index (Phi) is 1.67. The molecule has 2 nitrogen and oxygen atoms in total. The van der Waals surface area contributed by atoms with Gasteiger partial charge in [-0.05, 0) is 18.2 Å². The summed E-state index contributed by atoms with van der Waals surface area (Å²) in [5, 5.41) is 7.19. The third-order valence-electron chi connectivity index (χ3n) is 1.19. The maximum atomic E-state index is 12.4. The summed E-state index contributed by atoms with van der Waals surface area (Å²) >= 11 is 0. The van der Waals surface area contributed by atoms with E-state index in [1.807, 2.05) is 0 Å². The van der Waals surface area contributed by atoms with Gasteiger partial charge in [0.25, 0.3) is 0 Å². The lowest BCUT2D eigenvalue weighted by molar-refractivity contribution is 0.665. The number of hydrogen-bond donors (Lipinski definition) is 2. The van der Waals surface area contributed by atoms with Crippen molar-refractivity contribution in [2.45, 2.75) is 0 Å². The third-order valence-corrected chi connectivity index (χ3v) is 1.19. The monoisotopic (exact) mass is 138 g/mol. The van der Waals surface area contributed by atoms with E-state index in [4.69, 9.17) is 11.1 Å². The average molecular weight is 138 g/mol. The van der Waals surface area contributed by atoms with E-state index < -0.39 is 0 Å². The van der Waals surface area contributed by atoms with E-state index in [-0.39, 0.29) is 11.5 Å². The smallest absolute Gasteiger partial charge is 0.124 e. The van der Waals surface area contributed by atoms with Crippen LogP contribution in [0.2, 0.25) is 0 Å². The first kappa shape index (κ1) is 6.74. The molecule has 0 aromatic rings. The van der Waals surface area contributed by atoms with E-state index in [9.17, 15) is 4.39 Å². The van der Waals surface area contributed by atoms with Crippen molar-refractivity contribution in [2.75, 3.05) is 0 Å². The maximum absolute atomic E-state index is 12.4. The Balaban J connectivity index is 2.99. The van der Waals surface area contributed by atoms with Crippen LogP contribution in [0.15, 0.2) is 35.8 Å². The van der Waals surface area contributed by atoms with Gasteiger partial charge in [-0.25, -0.2) is 4.39 Å². The predicted molar refractivity (Wildman–Crippen MR) is 38.3 cm³/mol. The molecule has 0 unspecified atom stereocenters. The summed E-state index contributed by atoms with van der Waals surface area (Å²) < 4.78 is 12.4. The molecule has 0 heterocycles. The van der Waals surface area contributed by atoms with E-state index >= 15 is 0 Å². The maximum Gasteiger partial charge on any atom is 0.124 e. The molecule has 10 heavy (non-hydrogen) atoms. The van der Waals surface area contributed by atoms with Crippen LogP contribution in [-0.4, -0.2) is 5.71 Å². The molecule has 0 atom stereocenters. The number of hydrogen-bond acceptors (Lipinski definition) is 2. The second-order valence-corrected chi connectivity index (χ2v) is 1.90. The molecule has 1 rings (SSSR count). The number of halogens is 1. The van der Waals surface area contributed by atoms with Crippen LogP contribution in [0.4, 0.5) is 4.39 Å². The molecule has 52 valence electrons. The predicted octanol–water partition coefficient (Wildman–Crippen LogP) is 1.27. The molecule has 0 bridgehead atoms. The van der Waals surface area contributed by atoms with Crippen molar-refractivity contribution in [3.8, 4) is 0 Å². The molecule has 3 N–H and O–H groups in total. The zero-order valence-electron chi connectivity index (χ0n) is 5.26. The highest BCUT2D eigenvalue weighted by Gasteiger charge is 2.04. The standard InChI is InChI=1S/C7H7FN2/c8-6-1-2-7(10)5(3-6)4-9/h1-4,10H,9H2/b5-4-,10-7?. The van der Waals surface area contributed by atoms with Gasteiger partial charge in [-0.15, -0.1) is 0 Å². The molecule has 0 aromatic heterocycles. The highest BCUT2D eigenvalue weighted by atomic mass is 19.1. The van der Waals surface area contributed by atoms with Crippen molar-refractivity contribution in [3.63, 3.8) is 0 Å². The fourth-order valence-corrected chi connectivity index (χ4v) is 0.671. The first-order valence-electron chi connectivity index (χ1n) is 2.80. The van der Waals surface area contributed by atoms with Crippen molar-refractivity contribution in [2.24, 2.45) is 5.73 Å². The molecule has 1 aliphatic rings. The molecule has 0 radical (unpaired) electrons. The Labute approximate surface area is 58.0 Å². The van der Waals surface area contributed by atoms with Gasteiger partial charge in [0.15, 0.2) is 0 Å². The molecule has 0 amide bonds. The van der Waals surface area contributed by atoms with Crippen molar-refractivity contribution in [1.82, 2.24) is 0 Å². The summed E-state index contributed by atoms with van der Waals surface area (Å²) in [7, 11) is 0. The lowest BCUT2D eigenvalue weighted by atomic mass is 10.1. The number of nitrogens with two attached hydrogens (primary N) is 1. The van der Waals surface area contributed by atoms with Gasteiger partial charge in [0.1, 0.15) is 5.83 Å². The van der Waals surface area contributed by atoms with Gasteiger partial charge in [0, 0.05) is 11.8 Å². The van der Waals surface area contributed by atoms with Gasteiger partial charge < -0.3 is 11.1 Å². The highest BCUT2D eigenvalue weighted by Crippen LogP contribution is 2.12. The van der Waals surface area contributed by atoms with Gasteiger partial charge >= 0.3 is 0 Å². The quantitative estimate of drug-likeness (QED) is 0.520. The van der Waals surface area contributed by atoms with E-state index in [0.717, 1.165) is 0 Å². The molecule has 0 fully saturated rings. The zero-order valence-corrected chi connectivity index (χ0v) is 5.26. The fraction of sp³-hybridized carbons (Fsp3) is 0. The molecular formula is C7H7FN2. The van der Waals surface area contributed by atoms with Crippen molar-refractivity contribution < 1.29 is 4.39 Å². The molecule has 0 saturated heterocycles. The Bertz CT molecular complexity index is 248. The Hall–Kier alpha value is -1.38. The lowest BCUT2D eigenvalue weighted by Gasteiger charge is -2.02. The van der Waals surface area contributed by atoms with Gasteiger partial charge in [-0.3, -0.25) is 0 Å². The topological polar surface area (TPSA) is 49.9 Å². The zero-order chi connectivity index (χ0) is 7.56. The Morgan fingerprint density at radius 3 is 2.70 bits per heavy atom. The Morgan fingerprint density at radius 2 is 2.20 bits per heavy atom. The van der Waals surface area contributed by atoms with E-state index in [1.54, 1.807) is 0 Å². The summed E-state index contributed by atoms with van der Waals surface area (Å²) in [6.07, 6.45) is 5.04. The van der Waals surface area contributed by atoms with Crippen LogP contribution in [0.5, 0.6) is 0 Å². The Morgan fingerprint density at radius 1 is 1.50 bits per heavy atom. The van der Waals surface area contributed by atoms with Gasteiger partial charge in [-0.1, -0.05) is 0 Å². The van der Waals surface area contributed by atoms with Gasteiger partial charge in [0.2, 0.25) is 0 Å². The molecular weight excluding hydrogens is 131 g/mol. The summed E-state index contributed by atoms with van der Waals surface area (Å²) in [5.41, 5.74) is 5.76. The number of nitrogens with one attached hydrogen (secondary N) is 1. The van der Waals surface area contributed by atoms with Crippen LogP contribution >= 0.6 is 0 Å². The molecule has 1 aliphatic carbocycles. The average Bonchev–Trinajstić information content (AvgIpc) is 1.94. The van der Waals surface area contributed by atoms with Crippen LogP contribution in [0.1, 0.15) is 0 Å². The van der Waals surface area contributed by atoms with Crippen molar-refractivity contribution in [1.29, 1.82) is 5.41 Å². The van der Waals surface area contributed by atoms with Crippen LogP contribution in [0, 0.1) is 5.41 Å². The summed E-state index contributed by atoms with van der Waals surface area (Å²) in [5.74, 6) is -0.368. The lowest BCUT2D eigenvalue weighted by Crippen LogP contribution is -2.01. The van der Waals surface area contributed by atoms with E-state index in [1.165, 1.54) is 24.4 Å². The summed E-state index contributed by atoms with van der Waals surface area (Å²) in [4.78, 5) is 0. The second kappa shape index (κ2) is 2.47. The molecule has 0 aliphatic heterocycles. The van der Waals surface area contributed by atoms with E-state index in [2.05, 4.69) is 0 Å². The third kappa shape index (κ3) is 1.13. The largest absolute Gasteiger partial charge is 0.404 e. The minimum atomic E-state index is -0.368. The highest BCUT2D eigenvalue weighted by molar-refractivity contribution is 6.09. The number of allylic oxidation sites excluding steroid dienone is 5. The second-order valence-electron chi connectivity index (χ2n) is 1.90. The molecule has 0 spiro atoms. The number of rotatable bonds is 0. The first-order valence-corrected chi connectivity index (χ1v) is 2.80.